The van der Waals surface area contributed by atoms with Crippen molar-refractivity contribution < 1.29 is 14.3 Å². The van der Waals surface area contributed by atoms with Gasteiger partial charge in [-0.05, 0) is 36.4 Å². The average molecular weight is 458 g/mol. The lowest BCUT2D eigenvalue weighted by Gasteiger charge is -2.17. The molecule has 0 bridgehead atoms. The molecule has 162 valence electrons. The number of hydrogen-bond acceptors (Lipinski definition) is 7. The minimum absolute atomic E-state index is 0.0354. The molecular weight excluding hydrogens is 434 g/mol. The molecule has 3 aromatic rings. The molecule has 1 saturated carbocycles. The van der Waals surface area contributed by atoms with Gasteiger partial charge < -0.3 is 15.0 Å². The number of thioether (sulfide) groups is 1. The van der Waals surface area contributed by atoms with Gasteiger partial charge in [0.1, 0.15) is 5.75 Å². The summed E-state index contributed by atoms with van der Waals surface area (Å²) in [6, 6.07) is 11.5. The van der Waals surface area contributed by atoms with Crippen molar-refractivity contribution in [3.8, 4) is 16.5 Å². The van der Waals surface area contributed by atoms with Gasteiger partial charge in [0.15, 0.2) is 11.0 Å². The van der Waals surface area contributed by atoms with Crippen LogP contribution in [0, 0.1) is 0 Å². The topological polar surface area (TPSA) is 89.3 Å². The van der Waals surface area contributed by atoms with Crippen molar-refractivity contribution in [2.45, 2.75) is 24.0 Å². The zero-order chi connectivity index (χ0) is 21.8. The van der Waals surface area contributed by atoms with Gasteiger partial charge in [0.2, 0.25) is 11.8 Å². The molecule has 0 unspecified atom stereocenters. The van der Waals surface area contributed by atoms with Crippen LogP contribution in [-0.2, 0) is 9.59 Å². The Morgan fingerprint density at radius 2 is 2.13 bits per heavy atom. The number of likely N-dealkylation sites (N-methyl/N-ethyl adjacent to an activating group) is 1. The van der Waals surface area contributed by atoms with E-state index in [4.69, 9.17) is 4.74 Å². The van der Waals surface area contributed by atoms with Crippen molar-refractivity contribution >= 4 is 40.6 Å². The number of aromatic nitrogens is 3. The second-order valence-corrected chi connectivity index (χ2v) is 9.09. The van der Waals surface area contributed by atoms with Crippen molar-refractivity contribution in [1.29, 1.82) is 0 Å². The van der Waals surface area contributed by atoms with Gasteiger partial charge in [-0.2, -0.15) is 0 Å². The molecule has 2 heterocycles. The number of nitrogens with zero attached hydrogens (tertiary/aromatic N) is 4. The second kappa shape index (κ2) is 9.52. The standard InChI is InChI=1S/C21H23N5O3S2/c1-25(12-18(27)22-14-5-3-6-16(11-14)29-2)19(28)13-31-21-24-23-20(17-7-4-10-30-17)26(21)15-8-9-15/h3-7,10-11,15H,8-9,12-13H2,1-2H3,(H,22,27). The molecule has 0 saturated heterocycles. The third-order valence-electron chi connectivity index (χ3n) is 4.80. The summed E-state index contributed by atoms with van der Waals surface area (Å²) in [7, 11) is 3.19. The predicted octanol–water partition coefficient (Wildman–Crippen LogP) is 3.54. The molecule has 1 fully saturated rings. The molecule has 1 aromatic carbocycles. The smallest absolute Gasteiger partial charge is 0.243 e. The largest absolute Gasteiger partial charge is 0.497 e. The van der Waals surface area contributed by atoms with Crippen LogP contribution in [0.2, 0.25) is 0 Å². The minimum Gasteiger partial charge on any atom is -0.497 e. The molecule has 0 spiro atoms. The summed E-state index contributed by atoms with van der Waals surface area (Å²) in [5.74, 6) is 1.29. The molecule has 10 heteroatoms. The van der Waals surface area contributed by atoms with Gasteiger partial charge >= 0.3 is 0 Å². The van der Waals surface area contributed by atoms with E-state index in [9.17, 15) is 9.59 Å². The molecule has 2 amide bonds. The molecule has 31 heavy (non-hydrogen) atoms. The summed E-state index contributed by atoms with van der Waals surface area (Å²) in [5, 5.41) is 14.2. The van der Waals surface area contributed by atoms with Gasteiger partial charge in [0, 0.05) is 24.8 Å². The van der Waals surface area contributed by atoms with Crippen molar-refractivity contribution in [2.24, 2.45) is 0 Å². The van der Waals surface area contributed by atoms with E-state index in [0.717, 1.165) is 28.7 Å². The Balaban J connectivity index is 1.33. The Labute approximate surface area is 188 Å². The van der Waals surface area contributed by atoms with Gasteiger partial charge in [-0.1, -0.05) is 23.9 Å². The maximum Gasteiger partial charge on any atom is 0.243 e. The molecule has 0 atom stereocenters. The van der Waals surface area contributed by atoms with Crippen LogP contribution in [0.1, 0.15) is 18.9 Å². The highest BCUT2D eigenvalue weighted by Crippen LogP contribution is 2.41. The highest BCUT2D eigenvalue weighted by molar-refractivity contribution is 7.99. The highest BCUT2D eigenvalue weighted by atomic mass is 32.2. The lowest BCUT2D eigenvalue weighted by molar-refractivity contribution is -0.131. The van der Waals surface area contributed by atoms with Crippen molar-refractivity contribution in [2.75, 3.05) is 31.8 Å². The number of carbonyl (C=O) groups excluding carboxylic acids is 2. The number of thiophene rings is 1. The summed E-state index contributed by atoms with van der Waals surface area (Å²) in [6.07, 6.45) is 2.20. The van der Waals surface area contributed by atoms with E-state index in [-0.39, 0.29) is 24.1 Å². The Morgan fingerprint density at radius 1 is 1.29 bits per heavy atom. The fourth-order valence-electron chi connectivity index (χ4n) is 3.05. The first kappa shape index (κ1) is 21.4. The highest BCUT2D eigenvalue weighted by Gasteiger charge is 2.30. The van der Waals surface area contributed by atoms with Crippen molar-refractivity contribution in [3.05, 3.63) is 41.8 Å². The number of ether oxygens (including phenoxy) is 1. The summed E-state index contributed by atoms with van der Waals surface area (Å²) >= 11 is 2.99. The Bertz CT molecular complexity index is 1060. The number of rotatable bonds is 9. The summed E-state index contributed by atoms with van der Waals surface area (Å²) in [4.78, 5) is 27.4. The number of hydrogen-bond donors (Lipinski definition) is 1. The van der Waals surface area contributed by atoms with Gasteiger partial charge in [-0.25, -0.2) is 0 Å². The Morgan fingerprint density at radius 3 is 2.84 bits per heavy atom. The number of methoxy groups -OCH3 is 1. The normalized spacial score (nSPS) is 13.1. The monoisotopic (exact) mass is 457 g/mol. The Kier molecular flexibility index (Phi) is 6.57. The fraction of sp³-hybridized carbons (Fsp3) is 0.333. The van der Waals surface area contributed by atoms with Crippen LogP contribution >= 0.6 is 23.1 Å². The van der Waals surface area contributed by atoms with E-state index < -0.39 is 0 Å². The van der Waals surface area contributed by atoms with E-state index >= 15 is 0 Å². The van der Waals surface area contributed by atoms with Crippen LogP contribution in [-0.4, -0.2) is 57.9 Å². The molecule has 0 aliphatic heterocycles. The van der Waals surface area contributed by atoms with Crippen LogP contribution in [0.25, 0.3) is 10.7 Å². The van der Waals surface area contributed by atoms with Crippen molar-refractivity contribution in [1.82, 2.24) is 19.7 Å². The molecule has 2 aromatic heterocycles. The third kappa shape index (κ3) is 5.26. The first-order valence-corrected chi connectivity index (χ1v) is 11.7. The maximum atomic E-state index is 12.6. The van der Waals surface area contributed by atoms with Gasteiger partial charge in [-0.15, -0.1) is 21.5 Å². The van der Waals surface area contributed by atoms with Crippen LogP contribution in [0.4, 0.5) is 5.69 Å². The van der Waals surface area contributed by atoms with E-state index in [1.807, 2.05) is 17.5 Å². The predicted molar refractivity (Wildman–Crippen MR) is 122 cm³/mol. The molecular formula is C21H23N5O3S2. The van der Waals surface area contributed by atoms with E-state index in [0.29, 0.717) is 17.5 Å². The number of amides is 2. The number of benzene rings is 1. The van der Waals surface area contributed by atoms with E-state index in [2.05, 4.69) is 20.1 Å². The minimum atomic E-state index is -0.268. The zero-order valence-electron chi connectivity index (χ0n) is 17.3. The molecule has 8 nitrogen and oxygen atoms in total. The van der Waals surface area contributed by atoms with Crippen molar-refractivity contribution in [3.63, 3.8) is 0 Å². The first-order chi connectivity index (χ1) is 15.0. The Hall–Kier alpha value is -2.85. The summed E-state index contributed by atoms with van der Waals surface area (Å²) in [6.45, 7) is -0.0354. The first-order valence-electron chi connectivity index (χ1n) is 9.84. The second-order valence-electron chi connectivity index (χ2n) is 7.20. The van der Waals surface area contributed by atoms with Gasteiger partial charge in [0.05, 0.1) is 24.3 Å². The van der Waals surface area contributed by atoms with Crippen LogP contribution in [0.3, 0.4) is 0 Å². The zero-order valence-corrected chi connectivity index (χ0v) is 18.9. The average Bonchev–Trinajstić information content (AvgIpc) is 3.28. The quantitative estimate of drug-likeness (QED) is 0.495. The number of carbonyl (C=O) groups is 2. The van der Waals surface area contributed by atoms with Crippen LogP contribution < -0.4 is 10.1 Å². The molecule has 1 aliphatic carbocycles. The van der Waals surface area contributed by atoms with E-state index in [1.165, 1.54) is 16.7 Å². The summed E-state index contributed by atoms with van der Waals surface area (Å²) < 4.78 is 7.29. The molecule has 4 rings (SSSR count). The van der Waals surface area contributed by atoms with E-state index in [1.54, 1.807) is 49.8 Å². The molecule has 0 radical (unpaired) electrons. The maximum absolute atomic E-state index is 12.6. The van der Waals surface area contributed by atoms with Gasteiger partial charge in [0.25, 0.3) is 0 Å². The number of nitrogens with one attached hydrogen (secondary N) is 1. The SMILES string of the molecule is COc1cccc(NC(=O)CN(C)C(=O)CSc2nnc(-c3cccs3)n2C2CC2)c1. The lowest BCUT2D eigenvalue weighted by Crippen LogP contribution is -2.36. The number of anilines is 1. The molecule has 1 N–H and O–H groups in total. The van der Waals surface area contributed by atoms with Crippen LogP contribution in [0.5, 0.6) is 5.75 Å². The fourth-order valence-corrected chi connectivity index (χ4v) is 4.70. The molecule has 1 aliphatic rings. The summed E-state index contributed by atoms with van der Waals surface area (Å²) in [5.41, 5.74) is 0.623. The lowest BCUT2D eigenvalue weighted by atomic mass is 10.3. The van der Waals surface area contributed by atoms with Crippen LogP contribution in [0.15, 0.2) is 46.9 Å². The third-order valence-corrected chi connectivity index (χ3v) is 6.60. The van der Waals surface area contributed by atoms with Gasteiger partial charge in [-0.3, -0.25) is 14.2 Å².